The van der Waals surface area contributed by atoms with Crippen molar-refractivity contribution in [2.45, 2.75) is 26.4 Å². The van der Waals surface area contributed by atoms with Gasteiger partial charge in [-0.05, 0) is 37.6 Å². The number of aryl methyl sites for hydroxylation is 1. The molecule has 0 spiro atoms. The molecule has 0 bridgehead atoms. The van der Waals surface area contributed by atoms with Crippen molar-refractivity contribution in [2.75, 3.05) is 12.4 Å². The first-order valence-electron chi connectivity index (χ1n) is 8.40. The highest BCUT2D eigenvalue weighted by Crippen LogP contribution is 2.20. The summed E-state index contributed by atoms with van der Waals surface area (Å²) < 4.78 is 15.4. The van der Waals surface area contributed by atoms with E-state index in [4.69, 9.17) is 14.0 Å². The van der Waals surface area contributed by atoms with Gasteiger partial charge < -0.3 is 19.3 Å². The number of carbonyl (C=O) groups excluding carboxylic acids is 2. The van der Waals surface area contributed by atoms with Crippen molar-refractivity contribution >= 4 is 28.6 Å². The minimum absolute atomic E-state index is 0.121. The summed E-state index contributed by atoms with van der Waals surface area (Å²) in [4.78, 5) is 29.0. The van der Waals surface area contributed by atoms with Crippen LogP contribution in [0.2, 0.25) is 0 Å². The second kappa shape index (κ2) is 7.86. The molecule has 0 radical (unpaired) electrons. The second-order valence-electron chi connectivity index (χ2n) is 5.87. The van der Waals surface area contributed by atoms with Crippen molar-refractivity contribution in [3.8, 4) is 5.75 Å². The fourth-order valence-corrected chi connectivity index (χ4v) is 2.49. The smallest absolute Gasteiger partial charge is 0.357 e. The number of hydrogen-bond donors (Lipinski definition) is 1. The van der Waals surface area contributed by atoms with Crippen LogP contribution in [0.25, 0.3) is 10.9 Å². The Morgan fingerprint density at radius 3 is 2.70 bits per heavy atom. The zero-order valence-corrected chi connectivity index (χ0v) is 15.2. The third-order valence-electron chi connectivity index (χ3n) is 3.90. The van der Waals surface area contributed by atoms with Crippen LogP contribution in [-0.4, -0.2) is 35.2 Å². The van der Waals surface area contributed by atoms with Gasteiger partial charge >= 0.3 is 5.97 Å². The number of methoxy groups -OCH3 is 1. The summed E-state index contributed by atoms with van der Waals surface area (Å²) in [6.45, 7) is 3.45. The number of benzene rings is 1. The van der Waals surface area contributed by atoms with Crippen molar-refractivity contribution < 1.29 is 23.6 Å². The Kier molecular flexibility index (Phi) is 5.35. The third kappa shape index (κ3) is 4.22. The number of rotatable bonds is 6. The molecular weight excluding hydrogens is 350 g/mol. The van der Waals surface area contributed by atoms with Gasteiger partial charge in [0.15, 0.2) is 11.9 Å². The van der Waals surface area contributed by atoms with E-state index < -0.39 is 18.0 Å². The van der Waals surface area contributed by atoms with Gasteiger partial charge in [0.2, 0.25) is 0 Å². The fourth-order valence-electron chi connectivity index (χ4n) is 2.49. The average molecular weight is 369 g/mol. The number of anilines is 1. The highest BCUT2D eigenvalue weighted by molar-refractivity contribution is 5.97. The molecule has 3 aromatic rings. The van der Waals surface area contributed by atoms with Gasteiger partial charge in [-0.1, -0.05) is 18.1 Å². The van der Waals surface area contributed by atoms with Crippen molar-refractivity contribution in [2.24, 2.45) is 0 Å². The monoisotopic (exact) mass is 369 g/mol. The summed E-state index contributed by atoms with van der Waals surface area (Å²) >= 11 is 0. The number of fused-ring (bicyclic) bond motifs is 1. The fraction of sp³-hybridized carbons (Fsp3) is 0.263. The van der Waals surface area contributed by atoms with Crippen LogP contribution in [-0.2, 0) is 9.53 Å². The summed E-state index contributed by atoms with van der Waals surface area (Å²) in [6, 6.07) is 10.2. The van der Waals surface area contributed by atoms with E-state index in [0.717, 1.165) is 5.39 Å². The average Bonchev–Trinajstić information content (AvgIpc) is 3.09. The minimum Gasteiger partial charge on any atom is -0.497 e. The maximum absolute atomic E-state index is 12.4. The molecule has 1 aromatic carbocycles. The first-order valence-corrected chi connectivity index (χ1v) is 8.40. The molecule has 2 aromatic heterocycles. The van der Waals surface area contributed by atoms with Crippen molar-refractivity contribution in [1.82, 2.24) is 10.1 Å². The van der Waals surface area contributed by atoms with Gasteiger partial charge in [0.1, 0.15) is 17.2 Å². The normalized spacial score (nSPS) is 11.8. The molecule has 0 aliphatic carbocycles. The lowest BCUT2D eigenvalue weighted by Gasteiger charge is -2.15. The van der Waals surface area contributed by atoms with Gasteiger partial charge in [-0.3, -0.25) is 4.79 Å². The molecular formula is C19H19N3O5. The molecule has 0 aliphatic rings. The van der Waals surface area contributed by atoms with E-state index in [-0.39, 0.29) is 11.5 Å². The van der Waals surface area contributed by atoms with Crippen LogP contribution >= 0.6 is 0 Å². The van der Waals surface area contributed by atoms with E-state index in [9.17, 15) is 9.59 Å². The van der Waals surface area contributed by atoms with Crippen molar-refractivity contribution in [3.63, 3.8) is 0 Å². The van der Waals surface area contributed by atoms with Gasteiger partial charge in [0.05, 0.1) is 12.6 Å². The van der Waals surface area contributed by atoms with Crippen LogP contribution in [0.3, 0.4) is 0 Å². The SMILES string of the molecule is CC[C@@H](OC(=O)c1ccc2cc(OC)ccc2n1)C(=O)Nc1cc(C)on1. The number of pyridine rings is 1. The number of ether oxygens (including phenoxy) is 2. The zero-order chi connectivity index (χ0) is 19.4. The van der Waals surface area contributed by atoms with E-state index >= 15 is 0 Å². The molecule has 0 aliphatic heterocycles. The molecule has 0 fully saturated rings. The van der Waals surface area contributed by atoms with Gasteiger partial charge in [0, 0.05) is 11.5 Å². The molecule has 8 heteroatoms. The van der Waals surface area contributed by atoms with Gasteiger partial charge in [-0.15, -0.1) is 0 Å². The number of carbonyl (C=O) groups is 2. The van der Waals surface area contributed by atoms with E-state index in [2.05, 4.69) is 15.5 Å². The van der Waals surface area contributed by atoms with Crippen LogP contribution in [0.15, 0.2) is 40.9 Å². The van der Waals surface area contributed by atoms with Gasteiger partial charge in [0.25, 0.3) is 5.91 Å². The first kappa shape index (κ1) is 18.4. The molecule has 8 nitrogen and oxygen atoms in total. The molecule has 0 saturated heterocycles. The molecule has 27 heavy (non-hydrogen) atoms. The van der Waals surface area contributed by atoms with E-state index in [1.54, 1.807) is 51.3 Å². The Bertz CT molecular complexity index is 982. The molecule has 1 N–H and O–H groups in total. The largest absolute Gasteiger partial charge is 0.497 e. The summed E-state index contributed by atoms with van der Waals surface area (Å²) in [5.74, 6) is 0.373. The Labute approximate surface area is 155 Å². The highest BCUT2D eigenvalue weighted by Gasteiger charge is 2.23. The summed E-state index contributed by atoms with van der Waals surface area (Å²) in [7, 11) is 1.58. The predicted octanol–water partition coefficient (Wildman–Crippen LogP) is 3.11. The summed E-state index contributed by atoms with van der Waals surface area (Å²) in [5.41, 5.74) is 0.747. The van der Waals surface area contributed by atoms with Crippen LogP contribution in [0.4, 0.5) is 5.82 Å². The minimum atomic E-state index is -0.970. The topological polar surface area (TPSA) is 104 Å². The Hall–Kier alpha value is -3.42. The first-order chi connectivity index (χ1) is 13.0. The Morgan fingerprint density at radius 2 is 2.04 bits per heavy atom. The molecule has 140 valence electrons. The number of amides is 1. The van der Waals surface area contributed by atoms with Crippen LogP contribution < -0.4 is 10.1 Å². The molecule has 2 heterocycles. The predicted molar refractivity (Wildman–Crippen MR) is 97.7 cm³/mol. The van der Waals surface area contributed by atoms with E-state index in [0.29, 0.717) is 23.4 Å². The Balaban J connectivity index is 1.72. The number of hydrogen-bond acceptors (Lipinski definition) is 7. The highest BCUT2D eigenvalue weighted by atomic mass is 16.5. The van der Waals surface area contributed by atoms with E-state index in [1.807, 2.05) is 6.07 Å². The maximum Gasteiger partial charge on any atom is 0.357 e. The second-order valence-corrected chi connectivity index (χ2v) is 5.87. The van der Waals surface area contributed by atoms with Crippen molar-refractivity contribution in [1.29, 1.82) is 0 Å². The molecule has 1 amide bonds. The standard InChI is InChI=1S/C19H19N3O5/c1-4-16(18(23)21-17-9-11(2)27-22-17)26-19(24)15-7-5-12-10-13(25-3)6-8-14(12)20-15/h5-10,16H,4H2,1-3H3,(H,21,22,23)/t16-/m1/s1. The third-order valence-corrected chi connectivity index (χ3v) is 3.90. The lowest BCUT2D eigenvalue weighted by molar-refractivity contribution is -0.124. The number of nitrogens with zero attached hydrogens (tertiary/aromatic N) is 2. The number of nitrogens with one attached hydrogen (secondary N) is 1. The van der Waals surface area contributed by atoms with Gasteiger partial charge in [-0.25, -0.2) is 9.78 Å². The lowest BCUT2D eigenvalue weighted by Crippen LogP contribution is -2.32. The van der Waals surface area contributed by atoms with Gasteiger partial charge in [-0.2, -0.15) is 0 Å². The number of aromatic nitrogens is 2. The summed E-state index contributed by atoms with van der Waals surface area (Å²) in [6.07, 6.45) is -0.665. The number of esters is 1. The molecule has 0 saturated carbocycles. The van der Waals surface area contributed by atoms with Crippen LogP contribution in [0.1, 0.15) is 29.6 Å². The van der Waals surface area contributed by atoms with Crippen LogP contribution in [0.5, 0.6) is 5.75 Å². The van der Waals surface area contributed by atoms with Crippen LogP contribution in [0, 0.1) is 6.92 Å². The maximum atomic E-state index is 12.4. The molecule has 0 unspecified atom stereocenters. The quantitative estimate of drug-likeness (QED) is 0.666. The zero-order valence-electron chi connectivity index (χ0n) is 15.2. The van der Waals surface area contributed by atoms with E-state index in [1.165, 1.54) is 0 Å². The summed E-state index contributed by atoms with van der Waals surface area (Å²) in [5, 5.41) is 7.08. The lowest BCUT2D eigenvalue weighted by atomic mass is 10.2. The Morgan fingerprint density at radius 1 is 1.22 bits per heavy atom. The molecule has 3 rings (SSSR count). The molecule has 1 atom stereocenters. The van der Waals surface area contributed by atoms with Crippen molar-refractivity contribution in [3.05, 3.63) is 47.9 Å².